The van der Waals surface area contributed by atoms with Crippen LogP contribution in [0.2, 0.25) is 0 Å². The van der Waals surface area contributed by atoms with Gasteiger partial charge in [-0.3, -0.25) is 4.79 Å². The molecular weight excluding hydrogens is 383 g/mol. The molecule has 1 aliphatic rings. The fourth-order valence-corrected chi connectivity index (χ4v) is 3.60. The average Bonchev–Trinajstić information content (AvgIpc) is 2.72. The second-order valence-corrected chi connectivity index (χ2v) is 7.27. The lowest BCUT2D eigenvalue weighted by molar-refractivity contribution is -0.137. The third-order valence-electron chi connectivity index (χ3n) is 5.24. The van der Waals surface area contributed by atoms with Crippen LogP contribution in [0.1, 0.15) is 42.9 Å². The fourth-order valence-electron chi connectivity index (χ4n) is 3.60. The molecule has 156 valence electrons. The van der Waals surface area contributed by atoms with Gasteiger partial charge in [0.05, 0.1) is 18.2 Å². The number of aliphatic hydroxyl groups is 1. The number of alkyl halides is 3. The number of carbonyl (C=O) groups is 1. The smallest absolute Gasteiger partial charge is 0.394 e. The van der Waals surface area contributed by atoms with Crippen LogP contribution in [0.15, 0.2) is 48.7 Å². The quantitative estimate of drug-likeness (QED) is 0.679. The number of carbonyl (C=O) groups excluding carboxylic acids is 1. The fraction of sp³-hybridized carbons (Fsp3) is 0.429. The minimum atomic E-state index is -4.41. The zero-order valence-corrected chi connectivity index (χ0v) is 15.8. The van der Waals surface area contributed by atoms with Gasteiger partial charge in [0.15, 0.2) is 0 Å². The molecule has 1 fully saturated rings. The number of nitrogens with zero attached hydrogens (tertiary/aromatic N) is 1. The number of pyridine rings is 1. The van der Waals surface area contributed by atoms with E-state index in [1.807, 2.05) is 30.3 Å². The van der Waals surface area contributed by atoms with E-state index in [0.29, 0.717) is 25.7 Å². The summed E-state index contributed by atoms with van der Waals surface area (Å²) in [6, 6.07) is 10.7. The van der Waals surface area contributed by atoms with Gasteiger partial charge in [-0.1, -0.05) is 30.3 Å². The van der Waals surface area contributed by atoms with Crippen molar-refractivity contribution in [3.05, 3.63) is 59.8 Å². The molecule has 1 saturated carbocycles. The molecule has 1 unspecified atom stereocenters. The Kier molecular flexibility index (Phi) is 6.74. The van der Waals surface area contributed by atoms with Gasteiger partial charge in [0.2, 0.25) is 5.91 Å². The summed E-state index contributed by atoms with van der Waals surface area (Å²) in [5, 5.41) is 15.5. The molecule has 1 aromatic carbocycles. The summed E-state index contributed by atoms with van der Waals surface area (Å²) >= 11 is 0. The summed E-state index contributed by atoms with van der Waals surface area (Å²) in [7, 11) is 0. The second kappa shape index (κ2) is 9.26. The van der Waals surface area contributed by atoms with Crippen molar-refractivity contribution in [2.45, 2.75) is 43.9 Å². The Morgan fingerprint density at radius 1 is 1.14 bits per heavy atom. The van der Waals surface area contributed by atoms with Crippen molar-refractivity contribution in [1.82, 2.24) is 10.3 Å². The minimum Gasteiger partial charge on any atom is -0.394 e. The Balaban J connectivity index is 1.52. The highest BCUT2D eigenvalue weighted by Crippen LogP contribution is 2.31. The Hall–Kier alpha value is -2.61. The van der Waals surface area contributed by atoms with Crippen molar-refractivity contribution in [2.75, 3.05) is 11.9 Å². The van der Waals surface area contributed by atoms with Gasteiger partial charge in [-0.05, 0) is 43.4 Å². The first-order valence-electron chi connectivity index (χ1n) is 9.63. The van der Waals surface area contributed by atoms with Crippen molar-refractivity contribution in [1.29, 1.82) is 0 Å². The molecule has 3 rings (SSSR count). The van der Waals surface area contributed by atoms with Crippen molar-refractivity contribution in [3.8, 4) is 0 Å². The van der Waals surface area contributed by atoms with Crippen LogP contribution < -0.4 is 10.6 Å². The highest BCUT2D eigenvalue weighted by molar-refractivity contribution is 5.79. The lowest BCUT2D eigenvalue weighted by Gasteiger charge is -2.30. The summed E-state index contributed by atoms with van der Waals surface area (Å²) in [4.78, 5) is 16.5. The zero-order valence-electron chi connectivity index (χ0n) is 15.8. The van der Waals surface area contributed by atoms with Crippen molar-refractivity contribution >= 4 is 11.7 Å². The van der Waals surface area contributed by atoms with E-state index >= 15 is 0 Å². The van der Waals surface area contributed by atoms with Crippen LogP contribution in [-0.4, -0.2) is 28.6 Å². The summed E-state index contributed by atoms with van der Waals surface area (Å²) in [6.07, 6.45) is -0.707. The zero-order chi connectivity index (χ0) is 20.9. The third-order valence-corrected chi connectivity index (χ3v) is 5.24. The van der Waals surface area contributed by atoms with Gasteiger partial charge in [0.25, 0.3) is 0 Å². The number of amides is 1. The van der Waals surface area contributed by atoms with E-state index in [1.165, 1.54) is 0 Å². The molecule has 5 nitrogen and oxygen atoms in total. The minimum absolute atomic E-state index is 0.0298. The molecule has 29 heavy (non-hydrogen) atoms. The number of nitrogens with one attached hydrogen (secondary N) is 2. The van der Waals surface area contributed by atoms with Crippen LogP contribution in [0.5, 0.6) is 0 Å². The van der Waals surface area contributed by atoms with Gasteiger partial charge in [0, 0.05) is 18.2 Å². The summed E-state index contributed by atoms with van der Waals surface area (Å²) in [5.41, 5.74) is 0.105. The van der Waals surface area contributed by atoms with Crippen LogP contribution >= 0.6 is 0 Å². The molecule has 1 heterocycles. The molecule has 3 N–H and O–H groups in total. The van der Waals surface area contributed by atoms with Gasteiger partial charge >= 0.3 is 6.18 Å². The first-order chi connectivity index (χ1) is 13.9. The molecule has 0 radical (unpaired) electrons. The molecule has 2 aromatic rings. The molecule has 1 amide bonds. The molecule has 1 aliphatic carbocycles. The second-order valence-electron chi connectivity index (χ2n) is 7.27. The van der Waals surface area contributed by atoms with E-state index in [1.54, 1.807) is 0 Å². The molecule has 8 heteroatoms. The third kappa shape index (κ3) is 5.69. The molecule has 0 bridgehead atoms. The van der Waals surface area contributed by atoms with Crippen molar-refractivity contribution in [3.63, 3.8) is 0 Å². The number of benzene rings is 1. The van der Waals surface area contributed by atoms with Gasteiger partial charge in [-0.15, -0.1) is 0 Å². The Morgan fingerprint density at radius 3 is 2.45 bits per heavy atom. The summed E-state index contributed by atoms with van der Waals surface area (Å²) in [6.45, 7) is -0.187. The van der Waals surface area contributed by atoms with Crippen LogP contribution in [0, 0.1) is 5.92 Å². The number of hydrogen-bond donors (Lipinski definition) is 3. The number of anilines is 1. The molecule has 1 atom stereocenters. The van der Waals surface area contributed by atoms with Gasteiger partial charge in [-0.2, -0.15) is 13.2 Å². The standard InChI is InChI=1S/C21H24F3N3O2/c22-21(23,24)16-10-11-25-19(12-16)26-17-8-6-15(7-9-17)20(29)27-18(13-28)14-4-2-1-3-5-14/h1-5,10-12,15,17-18,28H,6-9,13H2,(H,25,26)(H,27,29). The topological polar surface area (TPSA) is 74.2 Å². The maximum absolute atomic E-state index is 12.8. The predicted molar refractivity (Wildman–Crippen MR) is 103 cm³/mol. The van der Waals surface area contributed by atoms with E-state index in [-0.39, 0.29) is 30.3 Å². The summed E-state index contributed by atoms with van der Waals surface area (Å²) < 4.78 is 38.5. The van der Waals surface area contributed by atoms with Gasteiger partial charge < -0.3 is 15.7 Å². The van der Waals surface area contributed by atoms with E-state index < -0.39 is 17.8 Å². The predicted octanol–water partition coefficient (Wildman–Crippen LogP) is 3.92. The average molecular weight is 407 g/mol. The summed E-state index contributed by atoms with van der Waals surface area (Å²) in [5.74, 6) is -0.0963. The maximum atomic E-state index is 12.8. The lowest BCUT2D eigenvalue weighted by atomic mass is 9.85. The number of aliphatic hydroxyl groups excluding tert-OH is 1. The maximum Gasteiger partial charge on any atom is 0.416 e. The highest BCUT2D eigenvalue weighted by Gasteiger charge is 2.31. The van der Waals surface area contributed by atoms with E-state index in [0.717, 1.165) is 23.9 Å². The Bertz CT molecular complexity index is 806. The monoisotopic (exact) mass is 407 g/mol. The first kappa shape index (κ1) is 21.1. The number of hydrogen-bond acceptors (Lipinski definition) is 4. The number of rotatable bonds is 6. The molecule has 1 aromatic heterocycles. The molecule has 0 aliphatic heterocycles. The number of halogens is 3. The van der Waals surface area contributed by atoms with Crippen LogP contribution in [0.4, 0.5) is 19.0 Å². The van der Waals surface area contributed by atoms with Gasteiger partial charge in [0.1, 0.15) is 5.82 Å². The van der Waals surface area contributed by atoms with Crippen LogP contribution in [-0.2, 0) is 11.0 Å². The van der Waals surface area contributed by atoms with Crippen LogP contribution in [0.25, 0.3) is 0 Å². The molecular formula is C21H24F3N3O2. The molecule has 0 saturated heterocycles. The van der Waals surface area contributed by atoms with Crippen molar-refractivity contribution in [2.24, 2.45) is 5.92 Å². The lowest BCUT2D eigenvalue weighted by Crippen LogP contribution is -2.38. The van der Waals surface area contributed by atoms with Crippen LogP contribution in [0.3, 0.4) is 0 Å². The molecule has 0 spiro atoms. The highest BCUT2D eigenvalue weighted by atomic mass is 19.4. The largest absolute Gasteiger partial charge is 0.416 e. The van der Waals surface area contributed by atoms with Crippen molar-refractivity contribution < 1.29 is 23.1 Å². The first-order valence-corrected chi connectivity index (χ1v) is 9.63. The Morgan fingerprint density at radius 2 is 1.83 bits per heavy atom. The number of aromatic nitrogens is 1. The SMILES string of the molecule is O=C(NC(CO)c1ccccc1)C1CCC(Nc2cc(C(F)(F)F)ccn2)CC1. The normalized spacial score (nSPS) is 20.7. The Labute approximate surface area is 167 Å². The van der Waals surface area contributed by atoms with E-state index in [2.05, 4.69) is 15.6 Å². The van der Waals surface area contributed by atoms with Gasteiger partial charge in [-0.25, -0.2) is 4.98 Å². The van der Waals surface area contributed by atoms with E-state index in [9.17, 15) is 23.1 Å². The van der Waals surface area contributed by atoms with E-state index in [4.69, 9.17) is 0 Å².